The summed E-state index contributed by atoms with van der Waals surface area (Å²) in [6, 6.07) is 17.1. The number of carbonyl (C=O) groups is 1. The van der Waals surface area contributed by atoms with Crippen LogP contribution in [0.3, 0.4) is 0 Å². The van der Waals surface area contributed by atoms with E-state index >= 15 is 0 Å². The van der Waals surface area contributed by atoms with Crippen molar-refractivity contribution in [3.63, 3.8) is 0 Å². The van der Waals surface area contributed by atoms with Gasteiger partial charge in [-0.2, -0.15) is 10.2 Å². The Balaban J connectivity index is 1.32. The average Bonchev–Trinajstić information content (AvgIpc) is 2.85. The third-order valence-electron chi connectivity index (χ3n) is 5.48. The zero-order valence-corrected chi connectivity index (χ0v) is 17.3. The van der Waals surface area contributed by atoms with E-state index in [4.69, 9.17) is 4.74 Å². The van der Waals surface area contributed by atoms with Crippen LogP contribution in [0.15, 0.2) is 54.7 Å². The predicted molar refractivity (Wildman–Crippen MR) is 120 cm³/mol. The number of benzene rings is 2. The summed E-state index contributed by atoms with van der Waals surface area (Å²) in [5.41, 5.74) is 3.17. The van der Waals surface area contributed by atoms with E-state index in [9.17, 15) is 10.1 Å². The smallest absolute Gasteiger partial charge is 0.268 e. The molecular weight excluding hydrogens is 406 g/mol. The van der Waals surface area contributed by atoms with Gasteiger partial charge in [0.2, 0.25) is 11.8 Å². The number of hydrogen-bond donors (Lipinski definition) is 2. The summed E-state index contributed by atoms with van der Waals surface area (Å²) < 4.78 is 5.73. The first kappa shape index (κ1) is 19.8. The van der Waals surface area contributed by atoms with Gasteiger partial charge in [0.25, 0.3) is 5.91 Å². The van der Waals surface area contributed by atoms with Gasteiger partial charge in [-0.1, -0.05) is 12.1 Å². The highest BCUT2D eigenvalue weighted by atomic mass is 16.5. The van der Waals surface area contributed by atoms with Crippen LogP contribution in [-0.4, -0.2) is 48.8 Å². The second kappa shape index (κ2) is 8.53. The quantitative estimate of drug-likeness (QED) is 0.654. The van der Waals surface area contributed by atoms with Gasteiger partial charge in [-0.05, 0) is 36.4 Å². The molecule has 0 radical (unpaired) electrons. The molecule has 0 unspecified atom stereocenters. The molecule has 0 atom stereocenters. The maximum atomic E-state index is 13.0. The summed E-state index contributed by atoms with van der Waals surface area (Å²) in [7, 11) is 0. The largest absolute Gasteiger partial charge is 0.455 e. The van der Waals surface area contributed by atoms with Crippen LogP contribution in [0.2, 0.25) is 0 Å². The minimum Gasteiger partial charge on any atom is -0.455 e. The lowest BCUT2D eigenvalue weighted by atomic mass is 10.1. The van der Waals surface area contributed by atoms with Crippen molar-refractivity contribution in [2.45, 2.75) is 0 Å². The molecule has 2 aliphatic heterocycles. The summed E-state index contributed by atoms with van der Waals surface area (Å²) in [6.45, 7) is 3.92. The van der Waals surface area contributed by atoms with E-state index in [0.29, 0.717) is 17.2 Å². The van der Waals surface area contributed by atoms with E-state index in [2.05, 4.69) is 43.7 Å². The first-order valence-electron chi connectivity index (χ1n) is 10.4. The summed E-state index contributed by atoms with van der Waals surface area (Å²) in [4.78, 5) is 25.4. The van der Waals surface area contributed by atoms with Crippen LogP contribution >= 0.6 is 0 Å². The summed E-state index contributed by atoms with van der Waals surface area (Å²) >= 11 is 0. The Morgan fingerprint density at radius 3 is 2.66 bits per heavy atom. The fraction of sp³-hybridized carbons (Fsp3) is 0.217. The minimum atomic E-state index is -0.305. The molecule has 32 heavy (non-hydrogen) atoms. The first-order valence-corrected chi connectivity index (χ1v) is 10.4. The molecule has 3 aromatic rings. The Morgan fingerprint density at radius 2 is 1.88 bits per heavy atom. The lowest BCUT2D eigenvalue weighted by Gasteiger charge is -2.29. The molecule has 2 aliphatic rings. The summed E-state index contributed by atoms with van der Waals surface area (Å²) in [5.74, 6) is 0.258. The van der Waals surface area contributed by atoms with Crippen molar-refractivity contribution in [1.29, 1.82) is 5.26 Å². The van der Waals surface area contributed by atoms with Gasteiger partial charge >= 0.3 is 0 Å². The molecule has 1 aromatic heterocycles. The summed E-state index contributed by atoms with van der Waals surface area (Å²) in [6.07, 6.45) is 1.45. The van der Waals surface area contributed by atoms with Gasteiger partial charge in [0.05, 0.1) is 11.3 Å². The first-order chi connectivity index (χ1) is 15.7. The van der Waals surface area contributed by atoms with Gasteiger partial charge in [0.1, 0.15) is 11.6 Å². The third-order valence-corrected chi connectivity index (χ3v) is 5.48. The number of amides is 1. The zero-order chi connectivity index (χ0) is 21.9. The molecule has 0 bridgehead atoms. The number of ether oxygens (including phenoxy) is 1. The number of nitrogens with zero attached hydrogens (tertiary/aromatic N) is 5. The van der Waals surface area contributed by atoms with Crippen molar-refractivity contribution in [2.75, 3.05) is 48.0 Å². The predicted octanol–water partition coefficient (Wildman–Crippen LogP) is 2.50. The van der Waals surface area contributed by atoms with E-state index < -0.39 is 0 Å². The average molecular weight is 427 g/mol. The molecule has 160 valence electrons. The second-order valence-corrected chi connectivity index (χ2v) is 7.46. The van der Waals surface area contributed by atoms with Crippen LogP contribution in [0.5, 0.6) is 5.88 Å². The monoisotopic (exact) mass is 427 g/mol. The second-order valence-electron chi connectivity index (χ2n) is 7.46. The molecule has 9 nitrogen and oxygen atoms in total. The standard InChI is InChI=1S/C23H21N7O2/c24-13-16-3-1-2-4-20(16)30-15-32-21-19(22(30)31)14-26-23(28-21)27-17-5-7-18(8-6-17)29-11-9-25-10-12-29/h1-8,14,25H,9-12,15H2,(H,26,27,28). The van der Waals surface area contributed by atoms with Crippen molar-refractivity contribution < 1.29 is 9.53 Å². The Hall–Kier alpha value is -4.16. The third kappa shape index (κ3) is 3.79. The van der Waals surface area contributed by atoms with Gasteiger partial charge in [0, 0.05) is 43.8 Å². The Bertz CT molecular complexity index is 1180. The van der Waals surface area contributed by atoms with Crippen LogP contribution in [0.1, 0.15) is 15.9 Å². The maximum absolute atomic E-state index is 13.0. The topological polar surface area (TPSA) is 106 Å². The molecule has 1 fully saturated rings. The Labute approximate surface area is 185 Å². The molecule has 1 saturated heterocycles. The fourth-order valence-corrected chi connectivity index (χ4v) is 3.80. The molecule has 5 rings (SSSR count). The highest BCUT2D eigenvalue weighted by Gasteiger charge is 2.30. The highest BCUT2D eigenvalue weighted by Crippen LogP contribution is 2.29. The number of fused-ring (bicyclic) bond motifs is 1. The molecular formula is C23H21N7O2. The molecule has 0 aliphatic carbocycles. The van der Waals surface area contributed by atoms with E-state index in [0.717, 1.165) is 31.9 Å². The van der Waals surface area contributed by atoms with E-state index in [1.165, 1.54) is 16.8 Å². The molecule has 2 N–H and O–H groups in total. The normalized spacial score (nSPS) is 15.5. The molecule has 0 spiro atoms. The van der Waals surface area contributed by atoms with Crippen molar-refractivity contribution in [3.05, 3.63) is 65.9 Å². The number of anilines is 4. The number of carbonyl (C=O) groups excluding carboxylic acids is 1. The minimum absolute atomic E-state index is 0.0274. The lowest BCUT2D eigenvalue weighted by Crippen LogP contribution is -2.43. The van der Waals surface area contributed by atoms with Crippen molar-refractivity contribution in [3.8, 4) is 11.9 Å². The van der Waals surface area contributed by atoms with Crippen molar-refractivity contribution in [1.82, 2.24) is 15.3 Å². The fourth-order valence-electron chi connectivity index (χ4n) is 3.80. The van der Waals surface area contributed by atoms with Gasteiger partial charge in [0.15, 0.2) is 6.73 Å². The highest BCUT2D eigenvalue weighted by molar-refractivity contribution is 6.08. The maximum Gasteiger partial charge on any atom is 0.268 e. The number of rotatable bonds is 4. The van der Waals surface area contributed by atoms with Gasteiger partial charge in [-0.25, -0.2) is 4.98 Å². The van der Waals surface area contributed by atoms with E-state index in [1.54, 1.807) is 24.3 Å². The van der Waals surface area contributed by atoms with Crippen LogP contribution in [0, 0.1) is 11.3 Å². The van der Waals surface area contributed by atoms with Crippen LogP contribution < -0.4 is 25.2 Å². The molecule has 2 aromatic carbocycles. The Kier molecular flexibility index (Phi) is 5.27. The zero-order valence-electron chi connectivity index (χ0n) is 17.3. The van der Waals surface area contributed by atoms with Crippen LogP contribution in [0.4, 0.5) is 23.0 Å². The van der Waals surface area contributed by atoms with Crippen molar-refractivity contribution in [2.24, 2.45) is 0 Å². The van der Waals surface area contributed by atoms with Crippen LogP contribution in [0.25, 0.3) is 0 Å². The number of para-hydroxylation sites is 1. The molecule has 0 saturated carbocycles. The van der Waals surface area contributed by atoms with Gasteiger partial charge in [-0.15, -0.1) is 0 Å². The van der Waals surface area contributed by atoms with E-state index in [-0.39, 0.29) is 24.1 Å². The number of piperazine rings is 1. The SMILES string of the molecule is N#Cc1ccccc1N1COc2nc(Nc3ccc(N4CCNCC4)cc3)ncc2C1=O. The molecule has 9 heteroatoms. The number of nitrogens with one attached hydrogen (secondary N) is 2. The van der Waals surface area contributed by atoms with Crippen LogP contribution in [-0.2, 0) is 0 Å². The van der Waals surface area contributed by atoms with Crippen molar-refractivity contribution >= 4 is 28.9 Å². The summed E-state index contributed by atoms with van der Waals surface area (Å²) in [5, 5.41) is 15.8. The van der Waals surface area contributed by atoms with E-state index in [1.807, 2.05) is 12.1 Å². The Morgan fingerprint density at radius 1 is 1.09 bits per heavy atom. The number of hydrogen-bond acceptors (Lipinski definition) is 8. The number of nitriles is 1. The molecule has 3 heterocycles. The number of aromatic nitrogens is 2. The molecule has 1 amide bonds. The van der Waals surface area contributed by atoms with Gasteiger partial charge in [-0.3, -0.25) is 9.69 Å². The van der Waals surface area contributed by atoms with Gasteiger partial charge < -0.3 is 20.3 Å². The lowest BCUT2D eigenvalue weighted by molar-refractivity contribution is 0.0932.